The summed E-state index contributed by atoms with van der Waals surface area (Å²) >= 11 is 0. The molecular formula is C10H14O3. The molecule has 0 saturated heterocycles. The van der Waals surface area contributed by atoms with Crippen LogP contribution < -0.4 is 0 Å². The number of carbonyl (C=O) groups is 1. The monoisotopic (exact) mass is 182 g/mol. The van der Waals surface area contributed by atoms with Crippen LogP contribution in [0, 0.1) is 0 Å². The van der Waals surface area contributed by atoms with Crippen LogP contribution in [-0.2, 0) is 0 Å². The van der Waals surface area contributed by atoms with Gasteiger partial charge in [0.15, 0.2) is 5.78 Å². The lowest BCUT2D eigenvalue weighted by atomic mass is 9.89. The van der Waals surface area contributed by atoms with Gasteiger partial charge in [-0.1, -0.05) is 13.8 Å². The molecule has 1 rings (SSSR count). The summed E-state index contributed by atoms with van der Waals surface area (Å²) in [5, 5.41) is 9.88. The number of rotatable bonds is 4. The highest BCUT2D eigenvalue weighted by Gasteiger charge is 2.32. The Hall–Kier alpha value is -1.09. The maximum atomic E-state index is 11.7. The lowest BCUT2D eigenvalue weighted by Crippen LogP contribution is -2.36. The molecule has 1 N–H and O–H groups in total. The fourth-order valence-electron chi connectivity index (χ4n) is 1.23. The van der Waals surface area contributed by atoms with Crippen molar-refractivity contribution in [1.82, 2.24) is 0 Å². The van der Waals surface area contributed by atoms with Crippen LogP contribution in [0.1, 0.15) is 37.0 Å². The van der Waals surface area contributed by atoms with Gasteiger partial charge < -0.3 is 9.52 Å². The van der Waals surface area contributed by atoms with E-state index in [0.29, 0.717) is 18.4 Å². The standard InChI is InChI=1S/C10H14O3/c1-3-10(12,4-2)9(11)8-5-6-13-7-8/h5-7,12H,3-4H2,1-2H3. The van der Waals surface area contributed by atoms with Gasteiger partial charge in [-0.3, -0.25) is 4.79 Å². The first kappa shape index (κ1) is 9.99. The molecule has 0 radical (unpaired) electrons. The van der Waals surface area contributed by atoms with E-state index in [1.54, 1.807) is 19.9 Å². The number of aliphatic hydroxyl groups is 1. The van der Waals surface area contributed by atoms with Gasteiger partial charge in [0, 0.05) is 0 Å². The van der Waals surface area contributed by atoms with Gasteiger partial charge in [-0.05, 0) is 18.9 Å². The minimum Gasteiger partial charge on any atom is -0.472 e. The van der Waals surface area contributed by atoms with Gasteiger partial charge in [0.2, 0.25) is 0 Å². The molecule has 1 aromatic rings. The van der Waals surface area contributed by atoms with Crippen LogP contribution in [0.5, 0.6) is 0 Å². The van der Waals surface area contributed by atoms with E-state index in [0.717, 1.165) is 0 Å². The first-order chi connectivity index (χ1) is 6.14. The van der Waals surface area contributed by atoms with Crippen LogP contribution in [0.2, 0.25) is 0 Å². The summed E-state index contributed by atoms with van der Waals surface area (Å²) < 4.78 is 4.79. The number of ketones is 1. The van der Waals surface area contributed by atoms with Crippen molar-refractivity contribution >= 4 is 5.78 Å². The topological polar surface area (TPSA) is 50.4 Å². The van der Waals surface area contributed by atoms with Gasteiger partial charge in [0.1, 0.15) is 11.9 Å². The van der Waals surface area contributed by atoms with Gasteiger partial charge in [0.05, 0.1) is 11.8 Å². The molecule has 1 aromatic heterocycles. The van der Waals surface area contributed by atoms with Crippen molar-refractivity contribution < 1.29 is 14.3 Å². The maximum Gasteiger partial charge on any atom is 0.197 e. The van der Waals surface area contributed by atoms with Gasteiger partial charge >= 0.3 is 0 Å². The summed E-state index contributed by atoms with van der Waals surface area (Å²) in [6.45, 7) is 3.59. The van der Waals surface area contributed by atoms with Crippen molar-refractivity contribution in [2.75, 3.05) is 0 Å². The molecule has 1 heterocycles. The summed E-state index contributed by atoms with van der Waals surface area (Å²) in [5.41, 5.74) is -0.796. The summed E-state index contributed by atoms with van der Waals surface area (Å²) in [4.78, 5) is 11.7. The lowest BCUT2D eigenvalue weighted by Gasteiger charge is -2.22. The molecular weight excluding hydrogens is 168 g/mol. The minimum absolute atomic E-state index is 0.258. The highest BCUT2D eigenvalue weighted by molar-refractivity contribution is 6.01. The summed E-state index contributed by atoms with van der Waals surface area (Å²) in [6, 6.07) is 1.57. The van der Waals surface area contributed by atoms with Crippen molar-refractivity contribution in [3.8, 4) is 0 Å². The summed E-state index contributed by atoms with van der Waals surface area (Å²) in [6.07, 6.45) is 3.64. The average molecular weight is 182 g/mol. The highest BCUT2D eigenvalue weighted by Crippen LogP contribution is 2.20. The number of furan rings is 1. The Kier molecular flexibility index (Phi) is 2.88. The van der Waals surface area contributed by atoms with E-state index in [9.17, 15) is 9.90 Å². The SMILES string of the molecule is CCC(O)(CC)C(=O)c1ccoc1. The first-order valence-electron chi connectivity index (χ1n) is 4.43. The Morgan fingerprint density at radius 1 is 1.54 bits per heavy atom. The molecule has 0 aliphatic rings. The number of hydrogen-bond acceptors (Lipinski definition) is 3. The fourth-order valence-corrected chi connectivity index (χ4v) is 1.23. The molecule has 0 spiro atoms. The Bertz CT molecular complexity index is 270. The zero-order chi connectivity index (χ0) is 9.90. The third-order valence-corrected chi connectivity index (χ3v) is 2.38. The largest absolute Gasteiger partial charge is 0.472 e. The maximum absolute atomic E-state index is 11.7. The van der Waals surface area contributed by atoms with Crippen LogP contribution in [0.15, 0.2) is 23.0 Å². The van der Waals surface area contributed by atoms with Crippen LogP contribution in [0.4, 0.5) is 0 Å². The van der Waals surface area contributed by atoms with Gasteiger partial charge in [-0.15, -0.1) is 0 Å². The van der Waals surface area contributed by atoms with E-state index < -0.39 is 5.60 Å². The van der Waals surface area contributed by atoms with Crippen molar-refractivity contribution in [3.05, 3.63) is 24.2 Å². The van der Waals surface area contributed by atoms with Gasteiger partial charge in [0.25, 0.3) is 0 Å². The number of hydrogen-bond donors (Lipinski definition) is 1. The smallest absolute Gasteiger partial charge is 0.197 e. The van der Waals surface area contributed by atoms with Gasteiger partial charge in [-0.25, -0.2) is 0 Å². The molecule has 0 atom stereocenters. The Labute approximate surface area is 77.4 Å². The van der Waals surface area contributed by atoms with Crippen LogP contribution in [0.25, 0.3) is 0 Å². The normalized spacial score (nSPS) is 11.6. The third-order valence-electron chi connectivity index (χ3n) is 2.38. The predicted octanol–water partition coefficient (Wildman–Crippen LogP) is 2.01. The molecule has 0 bridgehead atoms. The quantitative estimate of drug-likeness (QED) is 0.724. The van der Waals surface area contributed by atoms with Crippen LogP contribution in [0.3, 0.4) is 0 Å². The predicted molar refractivity (Wildman–Crippen MR) is 48.6 cm³/mol. The van der Waals surface area contributed by atoms with E-state index in [4.69, 9.17) is 4.42 Å². The average Bonchev–Trinajstić information content (AvgIpc) is 2.68. The molecule has 3 nitrogen and oxygen atoms in total. The zero-order valence-electron chi connectivity index (χ0n) is 7.91. The van der Waals surface area contributed by atoms with Gasteiger partial charge in [-0.2, -0.15) is 0 Å². The van der Waals surface area contributed by atoms with E-state index in [1.807, 2.05) is 0 Å². The van der Waals surface area contributed by atoms with E-state index >= 15 is 0 Å². The first-order valence-corrected chi connectivity index (χ1v) is 4.43. The molecule has 13 heavy (non-hydrogen) atoms. The second-order valence-electron chi connectivity index (χ2n) is 3.08. The Morgan fingerprint density at radius 2 is 2.15 bits per heavy atom. The molecule has 0 saturated carbocycles. The molecule has 0 fully saturated rings. The third kappa shape index (κ3) is 1.80. The van der Waals surface area contributed by atoms with Crippen molar-refractivity contribution in [1.29, 1.82) is 0 Å². The molecule has 0 aromatic carbocycles. The van der Waals surface area contributed by atoms with Crippen molar-refractivity contribution in [3.63, 3.8) is 0 Å². The van der Waals surface area contributed by atoms with E-state index in [1.165, 1.54) is 12.5 Å². The van der Waals surface area contributed by atoms with Crippen molar-refractivity contribution in [2.24, 2.45) is 0 Å². The van der Waals surface area contributed by atoms with Crippen LogP contribution >= 0.6 is 0 Å². The molecule has 0 unspecified atom stereocenters. The molecule has 0 amide bonds. The molecule has 3 heteroatoms. The number of Topliss-reactive ketones (excluding diaryl/α,β-unsaturated/α-hetero) is 1. The van der Waals surface area contributed by atoms with Crippen LogP contribution in [-0.4, -0.2) is 16.5 Å². The lowest BCUT2D eigenvalue weighted by molar-refractivity contribution is 0.0277. The fraction of sp³-hybridized carbons (Fsp3) is 0.500. The van der Waals surface area contributed by atoms with Crippen molar-refractivity contribution in [2.45, 2.75) is 32.3 Å². The number of carbonyl (C=O) groups excluding carboxylic acids is 1. The van der Waals surface area contributed by atoms with E-state index in [-0.39, 0.29) is 5.78 Å². The second kappa shape index (κ2) is 3.75. The summed E-state index contributed by atoms with van der Waals surface area (Å²) in [7, 11) is 0. The summed E-state index contributed by atoms with van der Waals surface area (Å²) in [5.74, 6) is -0.258. The molecule has 0 aliphatic carbocycles. The van der Waals surface area contributed by atoms with E-state index in [2.05, 4.69) is 0 Å². The second-order valence-corrected chi connectivity index (χ2v) is 3.08. The minimum atomic E-state index is -1.23. The molecule has 72 valence electrons. The molecule has 0 aliphatic heterocycles. The Morgan fingerprint density at radius 3 is 2.54 bits per heavy atom. The zero-order valence-corrected chi connectivity index (χ0v) is 7.91. The highest BCUT2D eigenvalue weighted by atomic mass is 16.3. The Balaban J connectivity index is 2.89.